The molecule has 1 aliphatic rings. The van der Waals surface area contributed by atoms with Crippen molar-refractivity contribution in [3.8, 4) is 23.0 Å². The van der Waals surface area contributed by atoms with Crippen LogP contribution in [0.3, 0.4) is 0 Å². The quantitative estimate of drug-likeness (QED) is 0.322. The molecule has 0 fully saturated rings. The second kappa shape index (κ2) is 8.75. The maximum Gasteiger partial charge on any atom is 0.343 e. The average molecular weight is 416 g/mol. The van der Waals surface area contributed by atoms with E-state index in [9.17, 15) is 9.59 Å². The number of benzene rings is 3. The molecule has 3 aromatic rings. The van der Waals surface area contributed by atoms with Gasteiger partial charge in [-0.05, 0) is 55.5 Å². The highest BCUT2D eigenvalue weighted by molar-refractivity contribution is 6.14. The van der Waals surface area contributed by atoms with E-state index in [1.54, 1.807) is 49.6 Å². The highest BCUT2D eigenvalue weighted by atomic mass is 16.5. The van der Waals surface area contributed by atoms with E-state index in [2.05, 4.69) is 0 Å². The standard InChI is InChI=1S/C25H20O6/c1-3-29-21-7-5-4-6-17(21)14-23-24(26)20-13-12-19(15-22(20)31-23)30-25(27)16-8-10-18(28-2)11-9-16/h4-15H,3H2,1-2H3/b23-14-. The molecule has 156 valence electrons. The van der Waals surface area contributed by atoms with Crippen LogP contribution in [0.1, 0.15) is 33.2 Å². The predicted molar refractivity (Wildman–Crippen MR) is 115 cm³/mol. The first-order chi connectivity index (χ1) is 15.1. The molecular weight excluding hydrogens is 396 g/mol. The summed E-state index contributed by atoms with van der Waals surface area (Å²) in [5, 5.41) is 0. The highest BCUT2D eigenvalue weighted by Crippen LogP contribution is 2.36. The summed E-state index contributed by atoms with van der Waals surface area (Å²) in [6.07, 6.45) is 1.65. The smallest absolute Gasteiger partial charge is 0.343 e. The molecule has 6 nitrogen and oxygen atoms in total. The van der Waals surface area contributed by atoms with E-state index in [4.69, 9.17) is 18.9 Å². The second-order valence-corrected chi connectivity index (χ2v) is 6.69. The van der Waals surface area contributed by atoms with Crippen LogP contribution in [0.5, 0.6) is 23.0 Å². The van der Waals surface area contributed by atoms with Crippen molar-refractivity contribution in [2.75, 3.05) is 13.7 Å². The van der Waals surface area contributed by atoms with E-state index in [-0.39, 0.29) is 17.3 Å². The summed E-state index contributed by atoms with van der Waals surface area (Å²) >= 11 is 0. The van der Waals surface area contributed by atoms with Gasteiger partial charge in [0.15, 0.2) is 5.76 Å². The zero-order chi connectivity index (χ0) is 21.8. The number of methoxy groups -OCH3 is 1. The molecule has 0 amide bonds. The number of hydrogen-bond donors (Lipinski definition) is 0. The largest absolute Gasteiger partial charge is 0.497 e. The van der Waals surface area contributed by atoms with Crippen molar-refractivity contribution in [3.05, 3.63) is 89.2 Å². The van der Waals surface area contributed by atoms with Gasteiger partial charge in [0, 0.05) is 11.6 Å². The van der Waals surface area contributed by atoms with Crippen LogP contribution in [-0.2, 0) is 0 Å². The van der Waals surface area contributed by atoms with Crippen LogP contribution >= 0.6 is 0 Å². The highest BCUT2D eigenvalue weighted by Gasteiger charge is 2.28. The van der Waals surface area contributed by atoms with Crippen LogP contribution in [0.15, 0.2) is 72.5 Å². The summed E-state index contributed by atoms with van der Waals surface area (Å²) in [4.78, 5) is 25.1. The Morgan fingerprint density at radius 1 is 1.00 bits per heavy atom. The predicted octanol–water partition coefficient (Wildman–Crippen LogP) is 4.93. The first-order valence-corrected chi connectivity index (χ1v) is 9.75. The third kappa shape index (κ3) is 4.28. The van der Waals surface area contributed by atoms with Gasteiger partial charge in [-0.25, -0.2) is 4.79 Å². The molecule has 0 saturated carbocycles. The maximum atomic E-state index is 12.7. The van der Waals surface area contributed by atoms with Crippen molar-refractivity contribution in [1.82, 2.24) is 0 Å². The Bertz CT molecular complexity index is 1160. The summed E-state index contributed by atoms with van der Waals surface area (Å²) in [5.41, 5.74) is 1.53. The maximum absolute atomic E-state index is 12.7. The van der Waals surface area contributed by atoms with Crippen LogP contribution in [0.2, 0.25) is 0 Å². The molecule has 0 radical (unpaired) electrons. The lowest BCUT2D eigenvalue weighted by atomic mass is 10.1. The van der Waals surface area contributed by atoms with E-state index in [0.29, 0.717) is 35.0 Å². The number of ether oxygens (including phenoxy) is 4. The summed E-state index contributed by atoms with van der Waals surface area (Å²) in [6, 6.07) is 18.7. The van der Waals surface area contributed by atoms with E-state index < -0.39 is 5.97 Å². The van der Waals surface area contributed by atoms with Crippen LogP contribution in [0.4, 0.5) is 0 Å². The fourth-order valence-electron chi connectivity index (χ4n) is 3.15. The molecule has 0 aromatic heterocycles. The summed E-state index contributed by atoms with van der Waals surface area (Å²) in [6.45, 7) is 2.41. The van der Waals surface area contributed by atoms with Crippen molar-refractivity contribution >= 4 is 17.8 Å². The molecular formula is C25H20O6. The Balaban J connectivity index is 1.54. The summed E-state index contributed by atoms with van der Waals surface area (Å²) < 4.78 is 21.9. The molecule has 0 N–H and O–H groups in total. The van der Waals surface area contributed by atoms with E-state index in [1.165, 1.54) is 6.07 Å². The number of carbonyl (C=O) groups is 2. The average Bonchev–Trinajstić information content (AvgIpc) is 3.10. The number of Topliss-reactive ketones (excluding diaryl/α,β-unsaturated/α-hetero) is 1. The zero-order valence-corrected chi connectivity index (χ0v) is 17.1. The van der Waals surface area contributed by atoms with Crippen LogP contribution < -0.4 is 18.9 Å². The molecule has 0 bridgehead atoms. The Morgan fingerprint density at radius 3 is 2.48 bits per heavy atom. The molecule has 1 aliphatic heterocycles. The Hall–Kier alpha value is -4.06. The number of fused-ring (bicyclic) bond motifs is 1. The molecule has 6 heteroatoms. The van der Waals surface area contributed by atoms with Gasteiger partial charge in [0.25, 0.3) is 0 Å². The molecule has 0 atom stereocenters. The molecule has 0 aliphatic carbocycles. The van der Waals surface area contributed by atoms with Gasteiger partial charge in [0.2, 0.25) is 5.78 Å². The fourth-order valence-corrected chi connectivity index (χ4v) is 3.15. The third-order valence-electron chi connectivity index (χ3n) is 4.68. The van der Waals surface area contributed by atoms with Gasteiger partial charge in [-0.3, -0.25) is 4.79 Å². The third-order valence-corrected chi connectivity index (χ3v) is 4.68. The summed E-state index contributed by atoms with van der Waals surface area (Å²) in [5.74, 6) is 1.35. The van der Waals surface area contributed by atoms with E-state index in [1.807, 2.05) is 31.2 Å². The number of rotatable bonds is 6. The zero-order valence-electron chi connectivity index (χ0n) is 17.1. The Kier molecular flexibility index (Phi) is 5.71. The van der Waals surface area contributed by atoms with Crippen molar-refractivity contribution < 1.29 is 28.5 Å². The van der Waals surface area contributed by atoms with Gasteiger partial charge < -0.3 is 18.9 Å². The van der Waals surface area contributed by atoms with Gasteiger partial charge in [-0.2, -0.15) is 0 Å². The normalized spacial score (nSPS) is 13.5. The monoisotopic (exact) mass is 416 g/mol. The lowest BCUT2D eigenvalue weighted by molar-refractivity contribution is 0.0734. The van der Waals surface area contributed by atoms with E-state index in [0.717, 1.165) is 5.56 Å². The van der Waals surface area contributed by atoms with Crippen LogP contribution in [-0.4, -0.2) is 25.5 Å². The number of hydrogen-bond acceptors (Lipinski definition) is 6. The number of ketones is 1. The number of esters is 1. The van der Waals surface area contributed by atoms with Crippen molar-refractivity contribution in [2.24, 2.45) is 0 Å². The van der Waals surface area contributed by atoms with Crippen molar-refractivity contribution in [3.63, 3.8) is 0 Å². The minimum Gasteiger partial charge on any atom is -0.497 e. The molecule has 1 heterocycles. The van der Waals surface area contributed by atoms with Crippen molar-refractivity contribution in [2.45, 2.75) is 6.92 Å². The molecule has 0 unspecified atom stereocenters. The van der Waals surface area contributed by atoms with Gasteiger partial charge in [-0.15, -0.1) is 0 Å². The Labute approximate surface area is 179 Å². The number of allylic oxidation sites excluding steroid dienone is 1. The Morgan fingerprint density at radius 2 is 1.74 bits per heavy atom. The minimum atomic E-state index is -0.520. The molecule has 0 saturated heterocycles. The molecule has 0 spiro atoms. The second-order valence-electron chi connectivity index (χ2n) is 6.69. The first kappa shape index (κ1) is 20.2. The lowest BCUT2D eigenvalue weighted by Crippen LogP contribution is -2.08. The summed E-state index contributed by atoms with van der Waals surface area (Å²) in [7, 11) is 1.55. The fraction of sp³-hybridized carbons (Fsp3) is 0.120. The van der Waals surface area contributed by atoms with E-state index >= 15 is 0 Å². The van der Waals surface area contributed by atoms with Crippen molar-refractivity contribution in [1.29, 1.82) is 0 Å². The molecule has 31 heavy (non-hydrogen) atoms. The van der Waals surface area contributed by atoms with Gasteiger partial charge >= 0.3 is 5.97 Å². The van der Waals surface area contributed by atoms with Gasteiger partial charge in [0.1, 0.15) is 23.0 Å². The molecule has 3 aromatic carbocycles. The topological polar surface area (TPSA) is 71.1 Å². The number of para-hydroxylation sites is 1. The first-order valence-electron chi connectivity index (χ1n) is 9.75. The SMILES string of the molecule is CCOc1ccccc1/C=C1\Oc2cc(OC(=O)c3ccc(OC)cc3)ccc2C1=O. The molecule has 4 rings (SSSR count). The van der Waals surface area contributed by atoms with Crippen LogP contribution in [0.25, 0.3) is 6.08 Å². The minimum absolute atomic E-state index is 0.181. The lowest BCUT2D eigenvalue weighted by Gasteiger charge is -2.07. The van der Waals surface area contributed by atoms with Crippen LogP contribution in [0, 0.1) is 0 Å². The van der Waals surface area contributed by atoms with Gasteiger partial charge in [-0.1, -0.05) is 18.2 Å². The number of carbonyl (C=O) groups excluding carboxylic acids is 2. The van der Waals surface area contributed by atoms with Gasteiger partial charge in [0.05, 0.1) is 24.8 Å².